The summed E-state index contributed by atoms with van der Waals surface area (Å²) in [5.74, 6) is -0.440. The number of nitrogens with two attached hydrogens (primary N) is 2. The highest BCUT2D eigenvalue weighted by Crippen LogP contribution is 2.10. The van der Waals surface area contributed by atoms with Crippen molar-refractivity contribution in [1.82, 2.24) is 10.6 Å². The van der Waals surface area contributed by atoms with Gasteiger partial charge in [-0.05, 0) is 0 Å². The molecule has 15 heavy (non-hydrogen) atoms. The van der Waals surface area contributed by atoms with E-state index in [-0.39, 0.29) is 17.9 Å². The molecule has 2 atom stereocenters. The Morgan fingerprint density at radius 2 is 1.93 bits per heavy atom. The Kier molecular flexibility index (Phi) is 4.32. The minimum atomic E-state index is -0.606. The maximum Gasteiger partial charge on any atom is 0.312 e. The van der Waals surface area contributed by atoms with Crippen LogP contribution in [0.2, 0.25) is 0 Å². The van der Waals surface area contributed by atoms with E-state index in [1.54, 1.807) is 0 Å². The maximum absolute atomic E-state index is 11.5. The van der Waals surface area contributed by atoms with Gasteiger partial charge in [-0.25, -0.2) is 4.79 Å². The average Bonchev–Trinajstić information content (AvgIpc) is 2.58. The zero-order chi connectivity index (χ0) is 11.3. The molecule has 1 aliphatic heterocycles. The first kappa shape index (κ1) is 11.7. The van der Waals surface area contributed by atoms with E-state index >= 15 is 0 Å². The van der Waals surface area contributed by atoms with Crippen molar-refractivity contribution in [2.45, 2.75) is 6.04 Å². The molecule has 0 aromatic carbocycles. The van der Waals surface area contributed by atoms with Crippen LogP contribution < -0.4 is 22.1 Å². The molecule has 3 amide bonds. The predicted molar refractivity (Wildman–Crippen MR) is 52.9 cm³/mol. The van der Waals surface area contributed by atoms with Gasteiger partial charge in [0, 0.05) is 19.1 Å². The van der Waals surface area contributed by atoms with Crippen LogP contribution in [0.1, 0.15) is 0 Å². The molecule has 6 N–H and O–H groups in total. The number of amides is 3. The van der Waals surface area contributed by atoms with Gasteiger partial charge in [-0.2, -0.15) is 0 Å². The molecule has 0 bridgehead atoms. The molecule has 0 saturated carbocycles. The van der Waals surface area contributed by atoms with E-state index in [9.17, 15) is 9.59 Å². The van der Waals surface area contributed by atoms with Crippen molar-refractivity contribution in [3.63, 3.8) is 0 Å². The van der Waals surface area contributed by atoms with Gasteiger partial charge >= 0.3 is 6.03 Å². The van der Waals surface area contributed by atoms with Gasteiger partial charge in [-0.15, -0.1) is 0 Å². The van der Waals surface area contributed by atoms with E-state index in [0.29, 0.717) is 26.3 Å². The van der Waals surface area contributed by atoms with Gasteiger partial charge in [0.2, 0.25) is 5.91 Å². The summed E-state index contributed by atoms with van der Waals surface area (Å²) in [4.78, 5) is 21.8. The third-order valence-corrected chi connectivity index (χ3v) is 2.18. The third-order valence-electron chi connectivity index (χ3n) is 2.18. The Hall–Kier alpha value is -1.34. The topological polar surface area (TPSA) is 119 Å². The van der Waals surface area contributed by atoms with E-state index in [1.165, 1.54) is 0 Å². The summed E-state index contributed by atoms with van der Waals surface area (Å²) >= 11 is 0. The molecular weight excluding hydrogens is 200 g/mol. The second-order valence-electron chi connectivity index (χ2n) is 3.39. The first-order valence-corrected chi connectivity index (χ1v) is 4.75. The molecule has 2 unspecified atom stereocenters. The summed E-state index contributed by atoms with van der Waals surface area (Å²) in [6, 6.07) is -0.848. The summed E-state index contributed by atoms with van der Waals surface area (Å²) in [5.41, 5.74) is 10.5. The molecule has 0 radical (unpaired) electrons. The van der Waals surface area contributed by atoms with Crippen LogP contribution >= 0.6 is 0 Å². The van der Waals surface area contributed by atoms with Crippen LogP contribution in [0.3, 0.4) is 0 Å². The summed E-state index contributed by atoms with van der Waals surface area (Å²) in [6.07, 6.45) is 0. The number of rotatable bonds is 4. The molecule has 86 valence electrons. The van der Waals surface area contributed by atoms with Crippen LogP contribution in [0.15, 0.2) is 0 Å². The molecule has 7 heteroatoms. The van der Waals surface area contributed by atoms with Crippen LogP contribution in [-0.4, -0.2) is 44.3 Å². The third kappa shape index (κ3) is 3.72. The Morgan fingerprint density at radius 3 is 2.47 bits per heavy atom. The Balaban J connectivity index is 2.15. The monoisotopic (exact) mass is 216 g/mol. The number of primary amides is 1. The molecule has 1 aliphatic rings. The molecule has 7 nitrogen and oxygen atoms in total. The molecule has 0 aliphatic carbocycles. The first-order valence-electron chi connectivity index (χ1n) is 4.75. The van der Waals surface area contributed by atoms with Gasteiger partial charge < -0.3 is 26.8 Å². The predicted octanol–water partition coefficient (Wildman–Crippen LogP) is -2.26. The standard InChI is InChI=1S/C8H16N4O3/c9-6-4-15-3-5(6)7(13)11-1-2-12-8(10)14/h5-6H,1-4,9H2,(H,11,13)(H3,10,12,14). The fourth-order valence-corrected chi connectivity index (χ4v) is 1.34. The van der Waals surface area contributed by atoms with Crippen molar-refractivity contribution >= 4 is 11.9 Å². The molecule has 1 heterocycles. The molecule has 0 spiro atoms. The average molecular weight is 216 g/mol. The molecule has 0 aromatic rings. The van der Waals surface area contributed by atoms with Crippen molar-refractivity contribution in [3.05, 3.63) is 0 Å². The SMILES string of the molecule is NC(=O)NCCNC(=O)C1COCC1N. The second-order valence-corrected chi connectivity index (χ2v) is 3.39. The smallest absolute Gasteiger partial charge is 0.312 e. The van der Waals surface area contributed by atoms with Crippen LogP contribution in [0, 0.1) is 5.92 Å². The van der Waals surface area contributed by atoms with Crippen LogP contribution in [0.4, 0.5) is 4.79 Å². The van der Waals surface area contributed by atoms with Gasteiger partial charge in [-0.3, -0.25) is 4.79 Å². The minimum absolute atomic E-state index is 0.147. The van der Waals surface area contributed by atoms with E-state index in [1.807, 2.05) is 0 Å². The van der Waals surface area contributed by atoms with Crippen LogP contribution in [-0.2, 0) is 9.53 Å². The largest absolute Gasteiger partial charge is 0.379 e. The van der Waals surface area contributed by atoms with Crippen molar-refractivity contribution in [3.8, 4) is 0 Å². The number of hydrogen-bond donors (Lipinski definition) is 4. The highest BCUT2D eigenvalue weighted by molar-refractivity contribution is 5.80. The van der Waals surface area contributed by atoms with Crippen molar-refractivity contribution in [2.75, 3.05) is 26.3 Å². The quantitative estimate of drug-likeness (QED) is 0.396. The van der Waals surface area contributed by atoms with Gasteiger partial charge in [0.15, 0.2) is 0 Å². The van der Waals surface area contributed by atoms with Gasteiger partial charge in [-0.1, -0.05) is 0 Å². The zero-order valence-electron chi connectivity index (χ0n) is 8.36. The van der Waals surface area contributed by atoms with E-state index in [2.05, 4.69) is 10.6 Å². The lowest BCUT2D eigenvalue weighted by atomic mass is 10.0. The number of ether oxygens (including phenoxy) is 1. The van der Waals surface area contributed by atoms with Crippen LogP contribution in [0.25, 0.3) is 0 Å². The van der Waals surface area contributed by atoms with Gasteiger partial charge in [0.25, 0.3) is 0 Å². The summed E-state index contributed by atoms with van der Waals surface area (Å²) in [7, 11) is 0. The zero-order valence-corrected chi connectivity index (χ0v) is 8.36. The van der Waals surface area contributed by atoms with Crippen molar-refractivity contribution < 1.29 is 14.3 Å². The van der Waals surface area contributed by atoms with Gasteiger partial charge in [0.1, 0.15) is 0 Å². The molecular formula is C8H16N4O3. The Labute approximate surface area is 87.5 Å². The normalized spacial score (nSPS) is 24.9. The molecule has 1 rings (SSSR count). The lowest BCUT2D eigenvalue weighted by molar-refractivity contribution is -0.125. The van der Waals surface area contributed by atoms with Crippen molar-refractivity contribution in [2.24, 2.45) is 17.4 Å². The molecule has 0 aromatic heterocycles. The highest BCUT2D eigenvalue weighted by atomic mass is 16.5. The number of nitrogens with one attached hydrogen (secondary N) is 2. The summed E-state index contributed by atoms with van der Waals surface area (Å²) in [5, 5.41) is 5.01. The first-order chi connectivity index (χ1) is 7.11. The summed E-state index contributed by atoms with van der Waals surface area (Å²) < 4.78 is 5.06. The molecule has 1 saturated heterocycles. The fourth-order valence-electron chi connectivity index (χ4n) is 1.34. The fraction of sp³-hybridized carbons (Fsp3) is 0.750. The number of carbonyl (C=O) groups is 2. The Morgan fingerprint density at radius 1 is 1.27 bits per heavy atom. The number of urea groups is 1. The molecule has 1 fully saturated rings. The Bertz CT molecular complexity index is 246. The van der Waals surface area contributed by atoms with Gasteiger partial charge in [0.05, 0.1) is 19.1 Å². The lowest BCUT2D eigenvalue weighted by Gasteiger charge is -2.13. The van der Waals surface area contributed by atoms with E-state index < -0.39 is 6.03 Å². The van der Waals surface area contributed by atoms with E-state index in [0.717, 1.165) is 0 Å². The second kappa shape index (κ2) is 5.52. The minimum Gasteiger partial charge on any atom is -0.379 e. The number of carbonyl (C=O) groups excluding carboxylic acids is 2. The summed E-state index contributed by atoms with van der Waals surface area (Å²) in [6.45, 7) is 1.42. The highest BCUT2D eigenvalue weighted by Gasteiger charge is 2.30. The van der Waals surface area contributed by atoms with Crippen molar-refractivity contribution in [1.29, 1.82) is 0 Å². The maximum atomic E-state index is 11.5. The number of hydrogen-bond acceptors (Lipinski definition) is 4. The van der Waals surface area contributed by atoms with Crippen LogP contribution in [0.5, 0.6) is 0 Å². The lowest BCUT2D eigenvalue weighted by Crippen LogP contribution is -2.44. The van der Waals surface area contributed by atoms with E-state index in [4.69, 9.17) is 16.2 Å².